The number of carbonyl (C=O) groups is 1. The van der Waals surface area contributed by atoms with E-state index < -0.39 is 12.0 Å². The summed E-state index contributed by atoms with van der Waals surface area (Å²) >= 11 is 1.59. The van der Waals surface area contributed by atoms with Crippen molar-refractivity contribution in [1.82, 2.24) is 5.32 Å². The Bertz CT molecular complexity index is 480. The maximum atomic E-state index is 11.0. The summed E-state index contributed by atoms with van der Waals surface area (Å²) in [5.74, 6) is 1.15. The molecular weight excluding hydrogens is 278 g/mol. The molecule has 0 saturated carbocycles. The molecular formula is C14H19NO4S. The predicted molar refractivity (Wildman–Crippen MR) is 78.5 cm³/mol. The zero-order valence-corrected chi connectivity index (χ0v) is 12.4. The average molecular weight is 297 g/mol. The minimum absolute atomic E-state index is 0.0229. The average Bonchev–Trinajstić information content (AvgIpc) is 2.95. The summed E-state index contributed by atoms with van der Waals surface area (Å²) in [5, 5.41) is 12.1. The van der Waals surface area contributed by atoms with E-state index in [-0.39, 0.29) is 5.37 Å². The third kappa shape index (κ3) is 3.37. The van der Waals surface area contributed by atoms with Crippen LogP contribution in [0, 0.1) is 0 Å². The molecule has 0 bridgehead atoms. The van der Waals surface area contributed by atoms with Crippen molar-refractivity contribution >= 4 is 17.7 Å². The molecule has 1 aromatic rings. The fourth-order valence-corrected chi connectivity index (χ4v) is 3.21. The Kier molecular flexibility index (Phi) is 5.14. The molecule has 110 valence electrons. The second-order valence-corrected chi connectivity index (χ2v) is 5.67. The minimum Gasteiger partial charge on any atom is -0.493 e. The van der Waals surface area contributed by atoms with Crippen molar-refractivity contribution < 1.29 is 19.4 Å². The Hall–Kier alpha value is -1.40. The highest BCUT2D eigenvalue weighted by atomic mass is 32.2. The Balaban J connectivity index is 2.11. The highest BCUT2D eigenvalue weighted by Crippen LogP contribution is 2.37. The Morgan fingerprint density at radius 1 is 1.50 bits per heavy atom. The van der Waals surface area contributed by atoms with Crippen molar-refractivity contribution in [3.63, 3.8) is 0 Å². The Labute approximate surface area is 122 Å². The fourth-order valence-electron chi connectivity index (χ4n) is 1.98. The van der Waals surface area contributed by atoms with E-state index in [9.17, 15) is 4.79 Å². The molecule has 0 amide bonds. The van der Waals surface area contributed by atoms with Crippen LogP contribution in [0.5, 0.6) is 11.5 Å². The van der Waals surface area contributed by atoms with Gasteiger partial charge >= 0.3 is 5.97 Å². The first-order chi connectivity index (χ1) is 9.65. The lowest BCUT2D eigenvalue weighted by molar-refractivity contribution is -0.138. The topological polar surface area (TPSA) is 67.8 Å². The van der Waals surface area contributed by atoms with Gasteiger partial charge in [-0.05, 0) is 24.1 Å². The van der Waals surface area contributed by atoms with Crippen LogP contribution in [0.4, 0.5) is 0 Å². The third-order valence-electron chi connectivity index (χ3n) is 3.03. The van der Waals surface area contributed by atoms with E-state index in [0.29, 0.717) is 18.1 Å². The van der Waals surface area contributed by atoms with E-state index in [1.165, 1.54) is 0 Å². The van der Waals surface area contributed by atoms with Gasteiger partial charge in [0, 0.05) is 5.75 Å². The Morgan fingerprint density at radius 3 is 2.90 bits per heavy atom. The first-order valence-electron chi connectivity index (χ1n) is 6.57. The number of carboxylic acid groups (broad SMARTS) is 1. The highest BCUT2D eigenvalue weighted by molar-refractivity contribution is 7.99. The van der Waals surface area contributed by atoms with E-state index in [0.717, 1.165) is 17.7 Å². The number of rotatable bonds is 6. The van der Waals surface area contributed by atoms with Crippen LogP contribution in [-0.4, -0.2) is 36.6 Å². The molecule has 0 aliphatic carbocycles. The van der Waals surface area contributed by atoms with Gasteiger partial charge in [-0.25, -0.2) is 0 Å². The standard InChI is InChI=1S/C14H19NO4S/c1-3-6-19-11-5-4-9(7-12(11)18-2)13-15-10(8-20-13)14(16)17/h4-5,7,10,13,15H,3,6,8H2,1-2H3,(H,16,17)/t10-,13?/m1/s1. The van der Waals surface area contributed by atoms with E-state index in [4.69, 9.17) is 14.6 Å². The summed E-state index contributed by atoms with van der Waals surface area (Å²) in [6.45, 7) is 2.69. The van der Waals surface area contributed by atoms with Crippen LogP contribution < -0.4 is 14.8 Å². The van der Waals surface area contributed by atoms with Crippen LogP contribution in [0.25, 0.3) is 0 Å². The number of benzene rings is 1. The second-order valence-electron chi connectivity index (χ2n) is 4.53. The van der Waals surface area contributed by atoms with Gasteiger partial charge in [0.25, 0.3) is 0 Å². The summed E-state index contributed by atoms with van der Waals surface area (Å²) in [4.78, 5) is 11.0. The van der Waals surface area contributed by atoms with Crippen molar-refractivity contribution in [1.29, 1.82) is 0 Å². The van der Waals surface area contributed by atoms with Crippen LogP contribution in [-0.2, 0) is 4.79 Å². The molecule has 1 heterocycles. The number of aliphatic carboxylic acids is 1. The lowest BCUT2D eigenvalue weighted by atomic mass is 10.2. The molecule has 1 aromatic carbocycles. The van der Waals surface area contributed by atoms with Gasteiger partial charge in [0.1, 0.15) is 6.04 Å². The van der Waals surface area contributed by atoms with Gasteiger partial charge in [-0.1, -0.05) is 13.0 Å². The SMILES string of the molecule is CCCOc1ccc(C2N[C@@H](C(=O)O)CS2)cc1OC. The van der Waals surface area contributed by atoms with Gasteiger partial charge in [0.05, 0.1) is 19.1 Å². The smallest absolute Gasteiger partial charge is 0.321 e. The maximum Gasteiger partial charge on any atom is 0.321 e. The second kappa shape index (κ2) is 6.85. The fraction of sp³-hybridized carbons (Fsp3) is 0.500. The van der Waals surface area contributed by atoms with Gasteiger partial charge in [-0.15, -0.1) is 11.8 Å². The molecule has 6 heteroatoms. The first kappa shape index (κ1) is 15.0. The number of thioether (sulfide) groups is 1. The number of methoxy groups -OCH3 is 1. The van der Waals surface area contributed by atoms with E-state index in [1.54, 1.807) is 18.9 Å². The Morgan fingerprint density at radius 2 is 2.30 bits per heavy atom. The van der Waals surface area contributed by atoms with Gasteiger partial charge < -0.3 is 14.6 Å². The van der Waals surface area contributed by atoms with Crippen LogP contribution in [0.1, 0.15) is 24.3 Å². The van der Waals surface area contributed by atoms with Crippen molar-refractivity contribution in [2.75, 3.05) is 19.5 Å². The molecule has 1 aliphatic heterocycles. The summed E-state index contributed by atoms with van der Waals surface area (Å²) in [6.07, 6.45) is 0.936. The molecule has 0 spiro atoms. The van der Waals surface area contributed by atoms with E-state index >= 15 is 0 Å². The molecule has 0 aromatic heterocycles. The van der Waals surface area contributed by atoms with Crippen LogP contribution in [0.3, 0.4) is 0 Å². The van der Waals surface area contributed by atoms with E-state index in [1.807, 2.05) is 25.1 Å². The largest absolute Gasteiger partial charge is 0.493 e. The summed E-state index contributed by atoms with van der Waals surface area (Å²) in [7, 11) is 1.60. The van der Waals surface area contributed by atoms with Crippen LogP contribution in [0.15, 0.2) is 18.2 Å². The van der Waals surface area contributed by atoms with Crippen LogP contribution >= 0.6 is 11.8 Å². The van der Waals surface area contributed by atoms with Gasteiger partial charge in [0.2, 0.25) is 0 Å². The van der Waals surface area contributed by atoms with Crippen molar-refractivity contribution in [2.45, 2.75) is 24.8 Å². The number of nitrogens with one attached hydrogen (secondary N) is 1. The number of hydrogen-bond acceptors (Lipinski definition) is 5. The van der Waals surface area contributed by atoms with Crippen molar-refractivity contribution in [3.05, 3.63) is 23.8 Å². The van der Waals surface area contributed by atoms with E-state index in [2.05, 4.69) is 5.32 Å². The van der Waals surface area contributed by atoms with Gasteiger partial charge in [-0.3, -0.25) is 10.1 Å². The van der Waals surface area contributed by atoms with Crippen molar-refractivity contribution in [2.24, 2.45) is 0 Å². The maximum absolute atomic E-state index is 11.0. The molecule has 1 unspecified atom stereocenters. The lowest BCUT2D eigenvalue weighted by Gasteiger charge is -2.15. The highest BCUT2D eigenvalue weighted by Gasteiger charge is 2.30. The molecule has 0 radical (unpaired) electrons. The molecule has 1 saturated heterocycles. The number of hydrogen-bond donors (Lipinski definition) is 2. The van der Waals surface area contributed by atoms with Gasteiger partial charge in [0.15, 0.2) is 11.5 Å². The summed E-state index contributed by atoms with van der Waals surface area (Å²) < 4.78 is 10.9. The molecule has 2 N–H and O–H groups in total. The molecule has 20 heavy (non-hydrogen) atoms. The molecule has 1 fully saturated rings. The number of carboxylic acids is 1. The monoisotopic (exact) mass is 297 g/mol. The zero-order valence-electron chi connectivity index (χ0n) is 11.6. The quantitative estimate of drug-likeness (QED) is 0.839. The lowest BCUT2D eigenvalue weighted by Crippen LogP contribution is -2.33. The molecule has 1 aliphatic rings. The summed E-state index contributed by atoms with van der Waals surface area (Å²) in [6, 6.07) is 5.23. The van der Waals surface area contributed by atoms with Gasteiger partial charge in [-0.2, -0.15) is 0 Å². The number of ether oxygens (including phenoxy) is 2. The zero-order chi connectivity index (χ0) is 14.5. The van der Waals surface area contributed by atoms with Crippen LogP contribution in [0.2, 0.25) is 0 Å². The minimum atomic E-state index is -0.810. The molecule has 2 atom stereocenters. The van der Waals surface area contributed by atoms with Crippen molar-refractivity contribution in [3.8, 4) is 11.5 Å². The normalized spacial score (nSPS) is 21.7. The molecule has 2 rings (SSSR count). The molecule has 5 nitrogen and oxygen atoms in total. The summed E-state index contributed by atoms with van der Waals surface area (Å²) in [5.41, 5.74) is 0.999. The predicted octanol–water partition coefficient (Wildman–Crippen LogP) is 2.27. The first-order valence-corrected chi connectivity index (χ1v) is 7.61. The third-order valence-corrected chi connectivity index (χ3v) is 4.30.